The fourth-order valence-electron chi connectivity index (χ4n) is 2.47. The van der Waals surface area contributed by atoms with E-state index in [4.69, 9.17) is 25.3 Å². The molecule has 3 aromatic rings. The highest BCUT2D eigenvalue weighted by Gasteiger charge is 2.21. The maximum atomic E-state index is 12.6. The van der Waals surface area contributed by atoms with E-state index >= 15 is 0 Å². The molecule has 0 atom stereocenters. The molecule has 30 heavy (non-hydrogen) atoms. The number of benzene rings is 3. The Balaban J connectivity index is 1.88. The topological polar surface area (TPSA) is 74.2 Å². The van der Waals surface area contributed by atoms with Crippen molar-refractivity contribution < 1.29 is 22.1 Å². The summed E-state index contributed by atoms with van der Waals surface area (Å²) in [6.07, 6.45) is 1.66. The lowest BCUT2D eigenvalue weighted by atomic mass is 10.2. The van der Waals surface area contributed by atoms with Gasteiger partial charge in [0, 0.05) is 11.2 Å². The Morgan fingerprint density at radius 1 is 0.967 bits per heavy atom. The molecule has 0 amide bonds. The van der Waals surface area contributed by atoms with E-state index in [1.54, 1.807) is 25.5 Å². The molecule has 0 spiro atoms. The first-order chi connectivity index (χ1) is 14.3. The molecule has 0 aliphatic carbocycles. The first-order valence-electron chi connectivity index (χ1n) is 8.58. The van der Waals surface area contributed by atoms with E-state index in [0.717, 1.165) is 17.0 Å². The summed E-state index contributed by atoms with van der Waals surface area (Å²) in [7, 11) is -1.01. The van der Waals surface area contributed by atoms with Crippen molar-refractivity contribution in [1.82, 2.24) is 0 Å². The van der Waals surface area contributed by atoms with Gasteiger partial charge in [0.25, 0.3) is 0 Å². The fraction of sp³-hybridized carbons (Fsp3) is 0.0952. The second-order valence-electron chi connectivity index (χ2n) is 5.98. The first-order valence-corrected chi connectivity index (χ1v) is 11.4. The highest BCUT2D eigenvalue weighted by Crippen LogP contribution is 2.36. The van der Waals surface area contributed by atoms with Gasteiger partial charge in [-0.05, 0) is 88.8 Å². The van der Waals surface area contributed by atoms with Crippen LogP contribution in [0.3, 0.4) is 0 Å². The van der Waals surface area contributed by atoms with Crippen LogP contribution in [0, 0.1) is 3.57 Å². The van der Waals surface area contributed by atoms with Crippen LogP contribution in [-0.4, -0.2) is 28.9 Å². The quantitative estimate of drug-likeness (QED) is 0.219. The van der Waals surface area contributed by atoms with Crippen molar-refractivity contribution in [3.8, 4) is 17.2 Å². The van der Waals surface area contributed by atoms with Gasteiger partial charge < -0.3 is 13.7 Å². The zero-order valence-electron chi connectivity index (χ0n) is 16.0. The number of halogens is 2. The van der Waals surface area contributed by atoms with Crippen LogP contribution in [0.5, 0.6) is 17.2 Å². The molecule has 0 unspecified atom stereocenters. The molecule has 3 aromatic carbocycles. The number of nitrogens with zero attached hydrogens (tertiary/aromatic N) is 1. The Morgan fingerprint density at radius 2 is 1.63 bits per heavy atom. The Hall–Kier alpha value is -2.30. The van der Waals surface area contributed by atoms with Gasteiger partial charge in [-0.25, -0.2) is 0 Å². The molecule has 9 heteroatoms. The summed E-state index contributed by atoms with van der Waals surface area (Å²) in [5.41, 5.74) is 1.47. The highest BCUT2D eigenvalue weighted by atomic mass is 127. The van der Waals surface area contributed by atoms with E-state index in [1.165, 1.54) is 31.4 Å². The normalized spacial score (nSPS) is 11.5. The molecule has 0 saturated heterocycles. The lowest BCUT2D eigenvalue weighted by Crippen LogP contribution is -2.11. The average Bonchev–Trinajstić information content (AvgIpc) is 2.74. The standard InChI is InChI=1S/C21H17ClINO5S/c1-27-17-7-5-16(6-8-17)24-13-14-11-19(23)21(20(12-14)28-2)29-30(25,26)18-9-3-15(22)4-10-18/h3-13H,1-2H3. The van der Waals surface area contributed by atoms with Crippen LogP contribution >= 0.6 is 34.2 Å². The largest absolute Gasteiger partial charge is 0.497 e. The molecule has 0 heterocycles. The number of hydrogen-bond acceptors (Lipinski definition) is 6. The third-order valence-electron chi connectivity index (χ3n) is 3.98. The molecule has 0 saturated carbocycles. The van der Waals surface area contributed by atoms with Gasteiger partial charge in [-0.2, -0.15) is 8.42 Å². The van der Waals surface area contributed by atoms with Crippen molar-refractivity contribution in [3.63, 3.8) is 0 Å². The van der Waals surface area contributed by atoms with Crippen LogP contribution in [-0.2, 0) is 10.1 Å². The molecule has 0 aliphatic rings. The van der Waals surface area contributed by atoms with E-state index in [0.29, 0.717) is 8.59 Å². The predicted molar refractivity (Wildman–Crippen MR) is 125 cm³/mol. The molecule has 0 aromatic heterocycles. The third kappa shape index (κ3) is 5.44. The van der Waals surface area contributed by atoms with E-state index in [-0.39, 0.29) is 16.4 Å². The van der Waals surface area contributed by atoms with Crippen LogP contribution in [0.4, 0.5) is 5.69 Å². The van der Waals surface area contributed by atoms with Crippen molar-refractivity contribution >= 4 is 56.2 Å². The van der Waals surface area contributed by atoms with Crippen LogP contribution in [0.15, 0.2) is 70.6 Å². The second-order valence-corrected chi connectivity index (χ2v) is 9.13. The lowest BCUT2D eigenvalue weighted by Gasteiger charge is -2.13. The van der Waals surface area contributed by atoms with Gasteiger partial charge in [-0.3, -0.25) is 4.99 Å². The molecular weight excluding hydrogens is 541 g/mol. The van der Waals surface area contributed by atoms with Gasteiger partial charge in [0.15, 0.2) is 11.5 Å². The van der Waals surface area contributed by atoms with Crippen molar-refractivity contribution in [3.05, 3.63) is 74.8 Å². The van der Waals surface area contributed by atoms with Crippen LogP contribution < -0.4 is 13.7 Å². The summed E-state index contributed by atoms with van der Waals surface area (Å²) >= 11 is 7.82. The monoisotopic (exact) mass is 557 g/mol. The van der Waals surface area contributed by atoms with Crippen molar-refractivity contribution in [1.29, 1.82) is 0 Å². The Labute approximate surface area is 193 Å². The van der Waals surface area contributed by atoms with Crippen LogP contribution in [0.1, 0.15) is 5.56 Å². The summed E-state index contributed by atoms with van der Waals surface area (Å²) in [6.45, 7) is 0. The third-order valence-corrected chi connectivity index (χ3v) is 6.27. The summed E-state index contributed by atoms with van der Waals surface area (Å²) in [5.74, 6) is 1.12. The van der Waals surface area contributed by atoms with E-state index in [9.17, 15) is 8.42 Å². The molecule has 0 radical (unpaired) electrons. The number of rotatable bonds is 7. The summed E-state index contributed by atoms with van der Waals surface area (Å²) < 4.78 is 41.6. The molecule has 0 bridgehead atoms. The average molecular weight is 558 g/mol. The maximum Gasteiger partial charge on any atom is 0.339 e. The molecule has 156 valence electrons. The Kier molecular flexibility index (Phi) is 7.22. The predicted octanol–water partition coefficient (Wildman–Crippen LogP) is 5.48. The summed E-state index contributed by atoms with van der Waals surface area (Å²) in [4.78, 5) is 4.41. The molecule has 6 nitrogen and oxygen atoms in total. The second kappa shape index (κ2) is 9.67. The van der Waals surface area contributed by atoms with E-state index in [1.807, 2.05) is 46.9 Å². The number of hydrogen-bond donors (Lipinski definition) is 0. The number of ether oxygens (including phenoxy) is 2. The highest BCUT2D eigenvalue weighted by molar-refractivity contribution is 14.1. The zero-order chi connectivity index (χ0) is 21.7. The molecule has 0 aliphatic heterocycles. The maximum absolute atomic E-state index is 12.6. The Morgan fingerprint density at radius 3 is 2.23 bits per heavy atom. The Bertz CT molecular complexity index is 1160. The van der Waals surface area contributed by atoms with Crippen molar-refractivity contribution in [2.24, 2.45) is 4.99 Å². The molecule has 3 rings (SSSR count). The summed E-state index contributed by atoms with van der Waals surface area (Å²) in [6, 6.07) is 16.4. The van der Waals surface area contributed by atoms with Crippen molar-refractivity contribution in [2.45, 2.75) is 4.90 Å². The first kappa shape index (κ1) is 22.4. The fourth-order valence-corrected chi connectivity index (χ4v) is 4.44. The SMILES string of the molecule is COc1ccc(N=Cc2cc(I)c(OS(=O)(=O)c3ccc(Cl)cc3)c(OC)c2)cc1. The van der Waals surface area contributed by atoms with Gasteiger partial charge in [0.1, 0.15) is 10.6 Å². The number of aliphatic imine (C=N–C) groups is 1. The molecular formula is C21H17ClINO5S. The van der Waals surface area contributed by atoms with Gasteiger partial charge in [-0.15, -0.1) is 0 Å². The van der Waals surface area contributed by atoms with Crippen LogP contribution in [0.25, 0.3) is 0 Å². The van der Waals surface area contributed by atoms with E-state index in [2.05, 4.69) is 4.99 Å². The lowest BCUT2D eigenvalue weighted by molar-refractivity contribution is 0.389. The van der Waals surface area contributed by atoms with Gasteiger partial charge in [0.05, 0.1) is 23.5 Å². The minimum Gasteiger partial charge on any atom is -0.497 e. The smallest absolute Gasteiger partial charge is 0.339 e. The summed E-state index contributed by atoms with van der Waals surface area (Å²) in [5, 5.41) is 0.432. The van der Waals surface area contributed by atoms with Gasteiger partial charge in [-0.1, -0.05) is 11.6 Å². The zero-order valence-corrected chi connectivity index (χ0v) is 19.7. The molecule has 0 N–H and O–H groups in total. The molecule has 0 fully saturated rings. The van der Waals surface area contributed by atoms with Crippen LogP contribution in [0.2, 0.25) is 5.02 Å². The number of methoxy groups -OCH3 is 2. The van der Waals surface area contributed by atoms with Gasteiger partial charge in [0.2, 0.25) is 0 Å². The van der Waals surface area contributed by atoms with E-state index < -0.39 is 10.1 Å². The minimum atomic E-state index is -4.05. The van der Waals surface area contributed by atoms with Crippen molar-refractivity contribution in [2.75, 3.05) is 14.2 Å². The minimum absolute atomic E-state index is 0.00472. The van der Waals surface area contributed by atoms with Gasteiger partial charge >= 0.3 is 10.1 Å².